The fourth-order valence-electron chi connectivity index (χ4n) is 2.45. The monoisotopic (exact) mass is 305 g/mol. The van der Waals surface area contributed by atoms with E-state index in [9.17, 15) is 9.59 Å². The minimum absolute atomic E-state index is 0.140. The molecule has 3 amide bonds. The van der Waals surface area contributed by atoms with Crippen molar-refractivity contribution in [3.63, 3.8) is 0 Å². The summed E-state index contributed by atoms with van der Waals surface area (Å²) in [5.41, 5.74) is 6.41. The van der Waals surface area contributed by atoms with E-state index < -0.39 is 0 Å². The smallest absolute Gasteiger partial charge is 0.317 e. The topological polar surface area (TPSA) is 84.7 Å². The van der Waals surface area contributed by atoms with Gasteiger partial charge in [-0.15, -0.1) is 0 Å². The lowest BCUT2D eigenvalue weighted by Crippen LogP contribution is -2.40. The Morgan fingerprint density at radius 1 is 1.45 bits per heavy atom. The molecule has 6 nitrogen and oxygen atoms in total. The molecule has 1 saturated heterocycles. The van der Waals surface area contributed by atoms with Gasteiger partial charge in [0, 0.05) is 19.6 Å². The number of nitrogens with two attached hydrogens (primary N) is 1. The van der Waals surface area contributed by atoms with Crippen molar-refractivity contribution in [2.24, 2.45) is 11.7 Å². The van der Waals surface area contributed by atoms with Crippen molar-refractivity contribution in [2.75, 3.05) is 26.2 Å². The van der Waals surface area contributed by atoms with Gasteiger partial charge < -0.3 is 20.7 Å². The van der Waals surface area contributed by atoms with Crippen molar-refractivity contribution in [3.8, 4) is 5.75 Å². The van der Waals surface area contributed by atoms with Crippen LogP contribution in [-0.4, -0.2) is 43.1 Å². The van der Waals surface area contributed by atoms with E-state index in [1.165, 1.54) is 0 Å². The van der Waals surface area contributed by atoms with Crippen LogP contribution in [0.3, 0.4) is 0 Å². The van der Waals surface area contributed by atoms with Gasteiger partial charge in [0.2, 0.25) is 5.91 Å². The Morgan fingerprint density at radius 2 is 2.27 bits per heavy atom. The molecule has 0 unspecified atom stereocenters. The van der Waals surface area contributed by atoms with Gasteiger partial charge in [-0.25, -0.2) is 4.79 Å². The fourth-order valence-corrected chi connectivity index (χ4v) is 2.45. The number of aryl methyl sites for hydroxylation is 1. The molecule has 0 radical (unpaired) electrons. The first-order valence-corrected chi connectivity index (χ1v) is 7.58. The molecule has 1 atom stereocenters. The van der Waals surface area contributed by atoms with E-state index in [0.29, 0.717) is 32.7 Å². The van der Waals surface area contributed by atoms with Crippen LogP contribution in [0.25, 0.3) is 0 Å². The average molecular weight is 305 g/mol. The number of benzene rings is 1. The largest absolute Gasteiger partial charge is 0.494 e. The lowest BCUT2D eigenvalue weighted by Gasteiger charge is -2.16. The Labute approximate surface area is 130 Å². The Morgan fingerprint density at radius 3 is 2.95 bits per heavy atom. The predicted molar refractivity (Wildman–Crippen MR) is 83.6 cm³/mol. The van der Waals surface area contributed by atoms with Crippen LogP contribution in [0.1, 0.15) is 18.4 Å². The molecule has 1 fully saturated rings. The first-order chi connectivity index (χ1) is 10.6. The number of ether oxygens (including phenoxy) is 1. The molecule has 1 heterocycles. The van der Waals surface area contributed by atoms with E-state index in [1.54, 1.807) is 4.90 Å². The number of hydrogen-bond acceptors (Lipinski definition) is 3. The summed E-state index contributed by atoms with van der Waals surface area (Å²) < 4.78 is 5.62. The molecular weight excluding hydrogens is 282 g/mol. The van der Waals surface area contributed by atoms with Gasteiger partial charge in [0.25, 0.3) is 0 Å². The maximum Gasteiger partial charge on any atom is 0.317 e. The Balaban J connectivity index is 1.61. The van der Waals surface area contributed by atoms with E-state index in [0.717, 1.165) is 17.7 Å². The van der Waals surface area contributed by atoms with Gasteiger partial charge in [-0.05, 0) is 37.5 Å². The molecule has 6 heteroatoms. The molecule has 1 aromatic rings. The number of hydrogen-bond donors (Lipinski definition) is 2. The molecule has 0 aliphatic carbocycles. The third-order valence-electron chi connectivity index (χ3n) is 3.73. The van der Waals surface area contributed by atoms with Crippen LogP contribution < -0.4 is 15.8 Å². The highest BCUT2D eigenvalue weighted by Crippen LogP contribution is 2.15. The quantitative estimate of drug-likeness (QED) is 0.776. The molecule has 1 aliphatic rings. The lowest BCUT2D eigenvalue weighted by atomic mass is 10.1. The van der Waals surface area contributed by atoms with Crippen molar-refractivity contribution >= 4 is 11.9 Å². The van der Waals surface area contributed by atoms with Gasteiger partial charge in [0.1, 0.15) is 5.75 Å². The summed E-state index contributed by atoms with van der Waals surface area (Å²) in [4.78, 5) is 24.6. The van der Waals surface area contributed by atoms with Crippen molar-refractivity contribution in [3.05, 3.63) is 29.8 Å². The predicted octanol–water partition coefficient (Wildman–Crippen LogP) is 1.28. The molecule has 0 aromatic heterocycles. The van der Waals surface area contributed by atoms with E-state index in [4.69, 9.17) is 10.5 Å². The van der Waals surface area contributed by atoms with Crippen LogP contribution in [-0.2, 0) is 4.79 Å². The van der Waals surface area contributed by atoms with Crippen molar-refractivity contribution < 1.29 is 14.3 Å². The molecule has 0 saturated carbocycles. The highest BCUT2D eigenvalue weighted by molar-refractivity contribution is 5.80. The zero-order valence-corrected chi connectivity index (χ0v) is 12.9. The average Bonchev–Trinajstić information content (AvgIpc) is 2.97. The Hall–Kier alpha value is -2.24. The van der Waals surface area contributed by atoms with Gasteiger partial charge in [-0.3, -0.25) is 4.79 Å². The third kappa shape index (κ3) is 4.65. The molecule has 120 valence electrons. The molecule has 3 N–H and O–H groups in total. The summed E-state index contributed by atoms with van der Waals surface area (Å²) in [6, 6.07) is 7.73. The summed E-state index contributed by atoms with van der Waals surface area (Å²) in [6.07, 6.45) is 1.38. The van der Waals surface area contributed by atoms with Crippen molar-refractivity contribution in [1.82, 2.24) is 10.2 Å². The number of nitrogens with one attached hydrogen (secondary N) is 1. The molecule has 2 rings (SSSR count). The first-order valence-electron chi connectivity index (χ1n) is 7.58. The van der Waals surface area contributed by atoms with Gasteiger partial charge in [-0.2, -0.15) is 0 Å². The maximum atomic E-state index is 11.9. The fraction of sp³-hybridized carbons (Fsp3) is 0.500. The maximum absolute atomic E-state index is 11.9. The van der Waals surface area contributed by atoms with E-state index in [2.05, 4.69) is 5.32 Å². The van der Waals surface area contributed by atoms with E-state index in [1.807, 2.05) is 31.2 Å². The number of likely N-dealkylation sites (tertiary alicyclic amines) is 1. The second-order valence-corrected chi connectivity index (χ2v) is 5.58. The minimum atomic E-state index is -0.332. The van der Waals surface area contributed by atoms with Gasteiger partial charge >= 0.3 is 6.03 Å². The Kier molecular flexibility index (Phi) is 5.63. The number of nitrogens with zero attached hydrogens (tertiary/aromatic N) is 1. The SMILES string of the molecule is Cc1cccc(OCCCNC(=O)N2CC[C@@H](C(N)=O)C2)c1. The summed E-state index contributed by atoms with van der Waals surface area (Å²) in [6.45, 7) is 4.11. The molecule has 0 spiro atoms. The van der Waals surface area contributed by atoms with E-state index in [-0.39, 0.29) is 17.9 Å². The van der Waals surface area contributed by atoms with Crippen LogP contribution in [0.5, 0.6) is 5.75 Å². The van der Waals surface area contributed by atoms with Gasteiger partial charge in [0.05, 0.1) is 12.5 Å². The number of amides is 3. The first kappa shape index (κ1) is 16.1. The van der Waals surface area contributed by atoms with Crippen LogP contribution >= 0.6 is 0 Å². The molecular formula is C16H23N3O3. The lowest BCUT2D eigenvalue weighted by molar-refractivity contribution is -0.121. The van der Waals surface area contributed by atoms with Gasteiger partial charge in [0.15, 0.2) is 0 Å². The zero-order valence-electron chi connectivity index (χ0n) is 12.9. The second-order valence-electron chi connectivity index (χ2n) is 5.58. The second kappa shape index (κ2) is 7.68. The zero-order chi connectivity index (χ0) is 15.9. The normalized spacial score (nSPS) is 17.3. The van der Waals surface area contributed by atoms with E-state index >= 15 is 0 Å². The number of rotatable bonds is 6. The van der Waals surface area contributed by atoms with Crippen molar-refractivity contribution in [2.45, 2.75) is 19.8 Å². The van der Waals surface area contributed by atoms with Crippen LogP contribution in [0, 0.1) is 12.8 Å². The molecule has 0 bridgehead atoms. The van der Waals surface area contributed by atoms with Crippen molar-refractivity contribution in [1.29, 1.82) is 0 Å². The molecule has 1 aromatic carbocycles. The summed E-state index contributed by atoms with van der Waals surface area (Å²) in [5, 5.41) is 2.84. The summed E-state index contributed by atoms with van der Waals surface area (Å²) in [5.74, 6) is 0.299. The number of carbonyl (C=O) groups is 2. The van der Waals surface area contributed by atoms with Crippen LogP contribution in [0.2, 0.25) is 0 Å². The standard InChI is InChI=1S/C16H23N3O3/c1-12-4-2-5-14(10-12)22-9-3-7-18-16(21)19-8-6-13(11-19)15(17)20/h2,4-5,10,13H,3,6-9,11H2,1H3,(H2,17,20)(H,18,21)/t13-/m1/s1. The molecule has 1 aliphatic heterocycles. The highest BCUT2D eigenvalue weighted by atomic mass is 16.5. The summed E-state index contributed by atoms with van der Waals surface area (Å²) >= 11 is 0. The minimum Gasteiger partial charge on any atom is -0.494 e. The number of carbonyl (C=O) groups excluding carboxylic acids is 2. The summed E-state index contributed by atoms with van der Waals surface area (Å²) in [7, 11) is 0. The van der Waals surface area contributed by atoms with Crippen LogP contribution in [0.4, 0.5) is 4.79 Å². The Bertz CT molecular complexity index is 533. The third-order valence-corrected chi connectivity index (χ3v) is 3.73. The van der Waals surface area contributed by atoms with Gasteiger partial charge in [-0.1, -0.05) is 12.1 Å². The van der Waals surface area contributed by atoms with Crippen LogP contribution in [0.15, 0.2) is 24.3 Å². The number of urea groups is 1. The highest BCUT2D eigenvalue weighted by Gasteiger charge is 2.29. The number of primary amides is 1. The molecule has 22 heavy (non-hydrogen) atoms.